The van der Waals surface area contributed by atoms with Crippen LogP contribution in [-0.4, -0.2) is 22.4 Å². The van der Waals surface area contributed by atoms with Gasteiger partial charge in [0.2, 0.25) is 0 Å². The van der Waals surface area contributed by atoms with Crippen molar-refractivity contribution in [3.63, 3.8) is 0 Å². The van der Waals surface area contributed by atoms with E-state index in [1.807, 2.05) is 12.1 Å². The van der Waals surface area contributed by atoms with Crippen LogP contribution >= 0.6 is 0 Å². The molecule has 174 valence electrons. The molecule has 3 aromatic rings. The summed E-state index contributed by atoms with van der Waals surface area (Å²) in [5.41, 5.74) is 6.24. The Bertz CT molecular complexity index is 1220. The minimum atomic E-state index is -0.479. The van der Waals surface area contributed by atoms with Crippen molar-refractivity contribution in [2.24, 2.45) is 5.10 Å². The number of amides is 2. The van der Waals surface area contributed by atoms with E-state index in [0.29, 0.717) is 28.1 Å². The first-order valence-electron chi connectivity index (χ1n) is 10.7. The number of nitrogens with zero attached hydrogens (tertiary/aromatic N) is 2. The topological polar surface area (TPSA) is 114 Å². The lowest BCUT2D eigenvalue weighted by atomic mass is 9.87. The first kappa shape index (κ1) is 24.3. The summed E-state index contributed by atoms with van der Waals surface area (Å²) >= 11 is 0. The Labute approximate surface area is 197 Å². The van der Waals surface area contributed by atoms with E-state index in [1.165, 1.54) is 12.1 Å². The highest BCUT2D eigenvalue weighted by molar-refractivity contribution is 6.05. The van der Waals surface area contributed by atoms with Gasteiger partial charge >= 0.3 is 0 Å². The predicted molar refractivity (Wildman–Crippen MR) is 132 cm³/mol. The lowest BCUT2D eigenvalue weighted by Crippen LogP contribution is -2.19. The second kappa shape index (κ2) is 10.1. The molecule has 0 radical (unpaired) electrons. The molecular weight excluding hydrogens is 432 g/mol. The van der Waals surface area contributed by atoms with Crippen LogP contribution in [0.2, 0.25) is 0 Å². The van der Waals surface area contributed by atoms with Gasteiger partial charge in [0.15, 0.2) is 0 Å². The molecule has 0 aliphatic heterocycles. The maximum Gasteiger partial charge on any atom is 0.271 e. The van der Waals surface area contributed by atoms with Crippen LogP contribution in [0.4, 0.5) is 11.4 Å². The van der Waals surface area contributed by atoms with E-state index in [4.69, 9.17) is 0 Å². The summed E-state index contributed by atoms with van der Waals surface area (Å²) in [4.78, 5) is 35.2. The molecule has 0 unspecified atom stereocenters. The number of anilines is 1. The number of hydrazone groups is 1. The van der Waals surface area contributed by atoms with Crippen molar-refractivity contribution in [1.82, 2.24) is 5.43 Å². The van der Waals surface area contributed by atoms with Gasteiger partial charge in [0.1, 0.15) is 0 Å². The molecule has 0 aromatic heterocycles. The Morgan fingerprint density at radius 2 is 1.29 bits per heavy atom. The number of non-ortho nitro benzene ring substituents is 1. The molecule has 0 heterocycles. The number of nitro benzene ring substituents is 1. The molecule has 34 heavy (non-hydrogen) atoms. The van der Waals surface area contributed by atoms with Gasteiger partial charge in [0.25, 0.3) is 17.5 Å². The van der Waals surface area contributed by atoms with Crippen molar-refractivity contribution in [2.75, 3.05) is 5.32 Å². The zero-order chi connectivity index (χ0) is 24.9. The molecule has 0 saturated carbocycles. The number of hydrogen-bond donors (Lipinski definition) is 2. The fourth-order valence-corrected chi connectivity index (χ4v) is 3.12. The van der Waals surface area contributed by atoms with E-state index in [2.05, 4.69) is 36.6 Å². The van der Waals surface area contributed by atoms with Crippen LogP contribution in [-0.2, 0) is 5.41 Å². The van der Waals surface area contributed by atoms with Crippen molar-refractivity contribution in [3.8, 4) is 0 Å². The molecule has 0 atom stereocenters. The van der Waals surface area contributed by atoms with Crippen molar-refractivity contribution in [1.29, 1.82) is 0 Å². The smallest absolute Gasteiger partial charge is 0.271 e. The number of carbonyl (C=O) groups excluding carboxylic acids is 2. The van der Waals surface area contributed by atoms with Gasteiger partial charge in [-0.1, -0.05) is 32.9 Å². The van der Waals surface area contributed by atoms with E-state index in [9.17, 15) is 19.7 Å². The monoisotopic (exact) mass is 458 g/mol. The number of nitrogens with one attached hydrogen (secondary N) is 2. The van der Waals surface area contributed by atoms with Crippen LogP contribution in [0.25, 0.3) is 0 Å². The molecule has 3 aromatic carbocycles. The standard InChI is InChI=1S/C26H26N4O4/c1-17(18-9-15-23(16-10-18)30(33)34)28-29-25(32)20-7-13-22(14-8-20)27-24(31)19-5-11-21(12-6-19)26(2,3)4/h5-16H,1-4H3,(H,27,31)(H,29,32)/b28-17-. The summed E-state index contributed by atoms with van der Waals surface area (Å²) in [6.45, 7) is 8.03. The number of carbonyl (C=O) groups is 2. The number of nitro groups is 1. The third kappa shape index (κ3) is 6.13. The highest BCUT2D eigenvalue weighted by Gasteiger charge is 2.14. The van der Waals surface area contributed by atoms with Crippen LogP contribution in [0.3, 0.4) is 0 Å². The molecule has 2 amide bonds. The molecule has 0 spiro atoms. The number of rotatable bonds is 6. The lowest BCUT2D eigenvalue weighted by Gasteiger charge is -2.19. The van der Waals surface area contributed by atoms with Crippen molar-refractivity contribution < 1.29 is 14.5 Å². The Kier molecular flexibility index (Phi) is 7.21. The molecule has 0 bridgehead atoms. The fraction of sp³-hybridized carbons (Fsp3) is 0.192. The molecule has 0 aliphatic carbocycles. The van der Waals surface area contributed by atoms with E-state index in [-0.39, 0.29) is 17.0 Å². The third-order valence-electron chi connectivity index (χ3n) is 5.24. The average molecular weight is 459 g/mol. The van der Waals surface area contributed by atoms with Gasteiger partial charge in [-0.15, -0.1) is 0 Å². The van der Waals surface area contributed by atoms with E-state index in [1.54, 1.807) is 55.5 Å². The van der Waals surface area contributed by atoms with E-state index in [0.717, 1.165) is 5.56 Å². The maximum absolute atomic E-state index is 12.5. The molecule has 0 fully saturated rings. The quantitative estimate of drug-likeness (QED) is 0.296. The zero-order valence-corrected chi connectivity index (χ0v) is 19.5. The largest absolute Gasteiger partial charge is 0.322 e. The second-order valence-corrected chi connectivity index (χ2v) is 8.80. The Morgan fingerprint density at radius 3 is 1.82 bits per heavy atom. The Hall–Kier alpha value is -4.33. The van der Waals surface area contributed by atoms with Crippen molar-refractivity contribution in [2.45, 2.75) is 33.1 Å². The Morgan fingerprint density at radius 1 is 0.794 bits per heavy atom. The SMILES string of the molecule is C/C(=N/NC(=O)c1ccc(NC(=O)c2ccc(C(C)(C)C)cc2)cc1)c1ccc([N+](=O)[O-])cc1. The second-order valence-electron chi connectivity index (χ2n) is 8.80. The summed E-state index contributed by atoms with van der Waals surface area (Å²) in [6, 6.07) is 19.8. The zero-order valence-electron chi connectivity index (χ0n) is 19.5. The van der Waals surface area contributed by atoms with Gasteiger partial charge in [-0.3, -0.25) is 19.7 Å². The number of benzene rings is 3. The van der Waals surface area contributed by atoms with Gasteiger partial charge in [-0.05, 0) is 72.0 Å². The summed E-state index contributed by atoms with van der Waals surface area (Å²) in [5.74, 6) is -0.655. The molecule has 2 N–H and O–H groups in total. The minimum absolute atomic E-state index is 0.00977. The summed E-state index contributed by atoms with van der Waals surface area (Å²) in [7, 11) is 0. The summed E-state index contributed by atoms with van der Waals surface area (Å²) in [5, 5.41) is 17.6. The fourth-order valence-electron chi connectivity index (χ4n) is 3.12. The van der Waals surface area contributed by atoms with Gasteiger partial charge in [0.05, 0.1) is 10.6 Å². The van der Waals surface area contributed by atoms with Gasteiger partial charge in [0, 0.05) is 28.9 Å². The van der Waals surface area contributed by atoms with Crippen LogP contribution in [0, 0.1) is 10.1 Å². The van der Waals surface area contributed by atoms with Crippen LogP contribution in [0.15, 0.2) is 77.9 Å². The molecule has 3 rings (SSSR count). The van der Waals surface area contributed by atoms with E-state index >= 15 is 0 Å². The molecule has 8 nitrogen and oxygen atoms in total. The first-order valence-corrected chi connectivity index (χ1v) is 10.7. The van der Waals surface area contributed by atoms with Crippen LogP contribution < -0.4 is 10.7 Å². The predicted octanol–water partition coefficient (Wildman–Crippen LogP) is 5.30. The normalized spacial score (nSPS) is 11.6. The highest BCUT2D eigenvalue weighted by atomic mass is 16.6. The van der Waals surface area contributed by atoms with Crippen molar-refractivity contribution in [3.05, 3.63) is 105 Å². The average Bonchev–Trinajstić information content (AvgIpc) is 2.82. The highest BCUT2D eigenvalue weighted by Crippen LogP contribution is 2.22. The lowest BCUT2D eigenvalue weighted by molar-refractivity contribution is -0.384. The van der Waals surface area contributed by atoms with Gasteiger partial charge < -0.3 is 5.32 Å². The van der Waals surface area contributed by atoms with Crippen LogP contribution in [0.1, 0.15) is 59.5 Å². The first-order chi connectivity index (χ1) is 16.0. The molecular formula is C26H26N4O4. The summed E-state index contributed by atoms with van der Waals surface area (Å²) < 4.78 is 0. The van der Waals surface area contributed by atoms with E-state index < -0.39 is 10.8 Å². The van der Waals surface area contributed by atoms with Gasteiger partial charge in [-0.25, -0.2) is 5.43 Å². The maximum atomic E-state index is 12.5. The van der Waals surface area contributed by atoms with Gasteiger partial charge in [-0.2, -0.15) is 5.10 Å². The summed E-state index contributed by atoms with van der Waals surface area (Å²) in [6.07, 6.45) is 0. The van der Waals surface area contributed by atoms with Crippen molar-refractivity contribution >= 4 is 28.9 Å². The number of hydrogen-bond acceptors (Lipinski definition) is 5. The van der Waals surface area contributed by atoms with Crippen LogP contribution in [0.5, 0.6) is 0 Å². The minimum Gasteiger partial charge on any atom is -0.322 e. The third-order valence-corrected chi connectivity index (χ3v) is 5.24. The Balaban J connectivity index is 1.60. The molecule has 0 saturated heterocycles. The molecule has 0 aliphatic rings. The molecule has 8 heteroatoms.